The third-order valence-corrected chi connectivity index (χ3v) is 3.81. The van der Waals surface area contributed by atoms with Crippen LogP contribution in [0.1, 0.15) is 49.7 Å². The van der Waals surface area contributed by atoms with Crippen molar-refractivity contribution in [1.29, 1.82) is 0 Å². The highest BCUT2D eigenvalue weighted by atomic mass is 15.3. The van der Waals surface area contributed by atoms with Gasteiger partial charge in [-0.3, -0.25) is 4.68 Å². The van der Waals surface area contributed by atoms with Crippen LogP contribution < -0.4 is 10.6 Å². The van der Waals surface area contributed by atoms with Gasteiger partial charge in [-0.1, -0.05) is 13.8 Å². The Hall–Kier alpha value is -0.870. The number of nitrogens with zero attached hydrogens (tertiary/aromatic N) is 2. The quantitative estimate of drug-likeness (QED) is 0.798. The Morgan fingerprint density at radius 1 is 1.11 bits per heavy atom. The summed E-state index contributed by atoms with van der Waals surface area (Å²) in [4.78, 5) is 0. The minimum Gasteiger partial charge on any atom is -0.317 e. The zero-order valence-electron chi connectivity index (χ0n) is 11.9. The van der Waals surface area contributed by atoms with E-state index in [-0.39, 0.29) is 0 Å². The Balaban J connectivity index is 0.000000574. The summed E-state index contributed by atoms with van der Waals surface area (Å²) in [6.45, 7) is 10.5. The lowest BCUT2D eigenvalue weighted by Crippen LogP contribution is -2.32. The lowest BCUT2D eigenvalue weighted by molar-refractivity contribution is 0.332. The monoisotopic (exact) mass is 250 g/mol. The van der Waals surface area contributed by atoms with Gasteiger partial charge < -0.3 is 10.6 Å². The van der Waals surface area contributed by atoms with Gasteiger partial charge in [-0.05, 0) is 32.9 Å². The molecule has 1 aromatic rings. The normalized spacial score (nSPS) is 19.9. The molecule has 3 rings (SSSR count). The van der Waals surface area contributed by atoms with Crippen molar-refractivity contribution in [2.45, 2.75) is 52.6 Å². The summed E-state index contributed by atoms with van der Waals surface area (Å²) in [6, 6.07) is 0.627. The molecule has 0 bridgehead atoms. The first kappa shape index (κ1) is 13.6. The van der Waals surface area contributed by atoms with E-state index >= 15 is 0 Å². The second-order valence-corrected chi connectivity index (χ2v) is 4.86. The minimum atomic E-state index is 0.627. The first-order valence-electron chi connectivity index (χ1n) is 7.34. The van der Waals surface area contributed by atoms with Crippen LogP contribution in [0.3, 0.4) is 0 Å². The van der Waals surface area contributed by atoms with Gasteiger partial charge in [-0.2, -0.15) is 5.10 Å². The molecule has 0 spiro atoms. The van der Waals surface area contributed by atoms with Crippen LogP contribution in [-0.4, -0.2) is 29.4 Å². The Morgan fingerprint density at radius 3 is 2.56 bits per heavy atom. The SMILES string of the molecule is CC.Cc1nn(C2CCNCC2)c2c1CNCC2. The van der Waals surface area contributed by atoms with Crippen molar-refractivity contribution >= 4 is 0 Å². The number of nitrogens with one attached hydrogen (secondary N) is 2. The molecule has 3 heterocycles. The molecule has 0 aliphatic carbocycles. The Morgan fingerprint density at radius 2 is 1.83 bits per heavy atom. The first-order valence-corrected chi connectivity index (χ1v) is 7.34. The van der Waals surface area contributed by atoms with Gasteiger partial charge in [0.1, 0.15) is 0 Å². The van der Waals surface area contributed by atoms with Crippen LogP contribution in [0.25, 0.3) is 0 Å². The maximum Gasteiger partial charge on any atom is 0.0641 e. The van der Waals surface area contributed by atoms with Gasteiger partial charge in [0.05, 0.1) is 11.7 Å². The van der Waals surface area contributed by atoms with Crippen molar-refractivity contribution < 1.29 is 0 Å². The summed E-state index contributed by atoms with van der Waals surface area (Å²) in [5, 5.41) is 11.6. The van der Waals surface area contributed by atoms with Gasteiger partial charge in [-0.25, -0.2) is 0 Å². The van der Waals surface area contributed by atoms with Crippen molar-refractivity contribution in [3.05, 3.63) is 17.0 Å². The van der Waals surface area contributed by atoms with Crippen molar-refractivity contribution in [2.24, 2.45) is 0 Å². The van der Waals surface area contributed by atoms with E-state index in [2.05, 4.69) is 22.2 Å². The first-order chi connectivity index (χ1) is 8.86. The molecule has 4 heteroatoms. The molecular weight excluding hydrogens is 224 g/mol. The molecule has 0 saturated carbocycles. The fourth-order valence-electron chi connectivity index (χ4n) is 2.90. The van der Waals surface area contributed by atoms with Gasteiger partial charge in [0.2, 0.25) is 0 Å². The zero-order chi connectivity index (χ0) is 13.0. The van der Waals surface area contributed by atoms with Crippen LogP contribution in [-0.2, 0) is 13.0 Å². The molecule has 0 aromatic carbocycles. The summed E-state index contributed by atoms with van der Waals surface area (Å²) in [6.07, 6.45) is 3.59. The summed E-state index contributed by atoms with van der Waals surface area (Å²) < 4.78 is 2.33. The van der Waals surface area contributed by atoms with E-state index in [0.717, 1.165) is 32.6 Å². The molecule has 0 radical (unpaired) electrons. The average molecular weight is 250 g/mol. The Kier molecular flexibility index (Phi) is 4.78. The van der Waals surface area contributed by atoms with Gasteiger partial charge >= 0.3 is 0 Å². The topological polar surface area (TPSA) is 41.9 Å². The average Bonchev–Trinajstić information content (AvgIpc) is 2.80. The second-order valence-electron chi connectivity index (χ2n) is 4.86. The van der Waals surface area contributed by atoms with Crippen LogP contribution in [0, 0.1) is 6.92 Å². The van der Waals surface area contributed by atoms with E-state index in [0.29, 0.717) is 6.04 Å². The van der Waals surface area contributed by atoms with Crippen molar-refractivity contribution in [3.8, 4) is 0 Å². The number of aromatic nitrogens is 2. The number of piperidine rings is 1. The van der Waals surface area contributed by atoms with E-state index in [9.17, 15) is 0 Å². The van der Waals surface area contributed by atoms with Crippen LogP contribution in [0.4, 0.5) is 0 Å². The molecule has 0 amide bonds. The molecule has 2 aliphatic heterocycles. The number of rotatable bonds is 1. The maximum absolute atomic E-state index is 4.76. The second kappa shape index (κ2) is 6.34. The number of fused-ring (bicyclic) bond motifs is 1. The molecule has 1 fully saturated rings. The third kappa shape index (κ3) is 2.59. The van der Waals surface area contributed by atoms with E-state index in [1.165, 1.54) is 29.8 Å². The summed E-state index contributed by atoms with van der Waals surface area (Å²) >= 11 is 0. The molecule has 1 saturated heterocycles. The molecule has 102 valence electrons. The lowest BCUT2D eigenvalue weighted by atomic mass is 10.0. The van der Waals surface area contributed by atoms with Crippen LogP contribution in [0.2, 0.25) is 0 Å². The van der Waals surface area contributed by atoms with Crippen molar-refractivity contribution in [1.82, 2.24) is 20.4 Å². The highest BCUT2D eigenvalue weighted by Gasteiger charge is 2.23. The van der Waals surface area contributed by atoms with E-state index in [1.807, 2.05) is 13.8 Å². The van der Waals surface area contributed by atoms with E-state index in [4.69, 9.17) is 5.10 Å². The van der Waals surface area contributed by atoms with Crippen molar-refractivity contribution in [3.63, 3.8) is 0 Å². The predicted molar refractivity (Wildman–Crippen MR) is 74.9 cm³/mol. The number of hydrogen-bond donors (Lipinski definition) is 2. The largest absolute Gasteiger partial charge is 0.317 e. The molecular formula is C14H26N4. The van der Waals surface area contributed by atoms with Crippen LogP contribution >= 0.6 is 0 Å². The number of hydrogen-bond acceptors (Lipinski definition) is 3. The minimum absolute atomic E-state index is 0.627. The lowest BCUT2D eigenvalue weighted by Gasteiger charge is -2.26. The maximum atomic E-state index is 4.76. The zero-order valence-corrected chi connectivity index (χ0v) is 11.9. The molecule has 0 atom stereocenters. The molecule has 2 N–H and O–H groups in total. The third-order valence-electron chi connectivity index (χ3n) is 3.81. The molecule has 4 nitrogen and oxygen atoms in total. The van der Waals surface area contributed by atoms with Gasteiger partial charge in [0, 0.05) is 30.8 Å². The van der Waals surface area contributed by atoms with Gasteiger partial charge in [-0.15, -0.1) is 0 Å². The van der Waals surface area contributed by atoms with Crippen LogP contribution in [0.5, 0.6) is 0 Å². The van der Waals surface area contributed by atoms with Gasteiger partial charge in [0.25, 0.3) is 0 Å². The highest BCUT2D eigenvalue weighted by molar-refractivity contribution is 5.28. The predicted octanol–water partition coefficient (Wildman–Crippen LogP) is 1.79. The molecule has 18 heavy (non-hydrogen) atoms. The van der Waals surface area contributed by atoms with Gasteiger partial charge in [0.15, 0.2) is 0 Å². The summed E-state index contributed by atoms with van der Waals surface area (Å²) in [7, 11) is 0. The summed E-state index contributed by atoms with van der Waals surface area (Å²) in [5.74, 6) is 0. The molecule has 0 unspecified atom stereocenters. The fraction of sp³-hybridized carbons (Fsp3) is 0.786. The number of aryl methyl sites for hydroxylation is 1. The smallest absolute Gasteiger partial charge is 0.0641 e. The van der Waals surface area contributed by atoms with Crippen molar-refractivity contribution in [2.75, 3.05) is 19.6 Å². The van der Waals surface area contributed by atoms with Crippen LogP contribution in [0.15, 0.2) is 0 Å². The Bertz CT molecular complexity index is 377. The van der Waals surface area contributed by atoms with E-state index < -0.39 is 0 Å². The van der Waals surface area contributed by atoms with E-state index in [1.54, 1.807) is 0 Å². The fourth-order valence-corrected chi connectivity index (χ4v) is 2.90. The standard InChI is InChI=1S/C12H20N4.C2H6/c1-9-11-8-14-7-4-12(11)16(15-9)10-2-5-13-6-3-10;1-2/h10,13-14H,2-8H2,1H3;1-2H3. The summed E-state index contributed by atoms with van der Waals surface area (Å²) in [5.41, 5.74) is 4.16. The Labute approximate surface area is 110 Å². The molecule has 2 aliphatic rings. The highest BCUT2D eigenvalue weighted by Crippen LogP contribution is 2.25. The molecule has 1 aromatic heterocycles.